The van der Waals surface area contributed by atoms with Gasteiger partial charge in [0.05, 0.1) is 30.7 Å². The van der Waals surface area contributed by atoms with Gasteiger partial charge in [-0.05, 0) is 43.4 Å². The van der Waals surface area contributed by atoms with Crippen LogP contribution in [-0.4, -0.2) is 78.0 Å². The van der Waals surface area contributed by atoms with Gasteiger partial charge >= 0.3 is 6.03 Å². The molecular weight excluding hydrogens is 442 g/mol. The van der Waals surface area contributed by atoms with Gasteiger partial charge < -0.3 is 19.5 Å². The number of benzene rings is 1. The van der Waals surface area contributed by atoms with Gasteiger partial charge in [-0.3, -0.25) is 0 Å². The Labute approximate surface area is 193 Å². The standard InChI is InChI=1S/C23H29N5O4S/c1-33(30,31)19-4-2-3-15(7-19)12-32-18-10-27(11-18)22(29)28-13-23(14-28)8-17(9-23)21-24-20(25-26-21)16-5-6-16/h2-4,7,16-18H,5-6,8-14H2,1H3,(H,24,25,26). The van der Waals surface area contributed by atoms with Gasteiger partial charge in [0.2, 0.25) is 0 Å². The van der Waals surface area contributed by atoms with Gasteiger partial charge in [0, 0.05) is 36.6 Å². The maximum absolute atomic E-state index is 12.7. The molecule has 4 aliphatic rings. The van der Waals surface area contributed by atoms with Crippen LogP contribution in [-0.2, 0) is 21.2 Å². The smallest absolute Gasteiger partial charge is 0.320 e. The molecular formula is C23H29N5O4S. The number of carbonyl (C=O) groups excluding carboxylic acids is 1. The molecule has 9 nitrogen and oxygen atoms in total. The van der Waals surface area contributed by atoms with E-state index in [0.717, 1.165) is 43.1 Å². The molecule has 0 unspecified atom stereocenters. The first-order valence-corrected chi connectivity index (χ1v) is 13.5. The normalized spacial score (nSPS) is 22.7. The summed E-state index contributed by atoms with van der Waals surface area (Å²) >= 11 is 0. The zero-order valence-corrected chi connectivity index (χ0v) is 19.6. The number of carbonyl (C=O) groups is 1. The van der Waals surface area contributed by atoms with E-state index in [1.165, 1.54) is 19.1 Å². The van der Waals surface area contributed by atoms with Gasteiger partial charge in [0.15, 0.2) is 9.84 Å². The fourth-order valence-corrected chi connectivity index (χ4v) is 6.02. The summed E-state index contributed by atoms with van der Waals surface area (Å²) in [6.07, 6.45) is 5.79. The summed E-state index contributed by atoms with van der Waals surface area (Å²) in [5.41, 5.74) is 1.08. The minimum atomic E-state index is -3.23. The van der Waals surface area contributed by atoms with Crippen molar-refractivity contribution in [3.8, 4) is 0 Å². The second kappa shape index (κ2) is 7.53. The van der Waals surface area contributed by atoms with Crippen molar-refractivity contribution in [1.29, 1.82) is 0 Å². The number of rotatable bonds is 6. The SMILES string of the molecule is CS(=O)(=O)c1cccc(COC2CN(C(=O)N3CC4(CC(c5nnc(C6CC6)[nH]5)C4)C3)C2)c1. The number of amides is 2. The topological polar surface area (TPSA) is 108 Å². The van der Waals surface area contributed by atoms with E-state index in [1.54, 1.807) is 18.2 Å². The third-order valence-corrected chi connectivity index (χ3v) is 8.60. The molecule has 2 aliphatic carbocycles. The number of hydrogen-bond donors (Lipinski definition) is 1. The Hall–Kier alpha value is -2.46. The van der Waals surface area contributed by atoms with Crippen LogP contribution < -0.4 is 0 Å². The average Bonchev–Trinajstić information content (AvgIpc) is 3.42. The molecule has 33 heavy (non-hydrogen) atoms. The van der Waals surface area contributed by atoms with Gasteiger partial charge in [-0.2, -0.15) is 0 Å². The van der Waals surface area contributed by atoms with E-state index in [0.29, 0.717) is 36.4 Å². The molecule has 2 saturated heterocycles. The van der Waals surface area contributed by atoms with Crippen LogP contribution in [0.4, 0.5) is 4.79 Å². The predicted molar refractivity (Wildman–Crippen MR) is 119 cm³/mol. The van der Waals surface area contributed by atoms with E-state index in [-0.39, 0.29) is 17.6 Å². The second-order valence-corrected chi connectivity index (χ2v) is 12.4. The van der Waals surface area contributed by atoms with Crippen LogP contribution in [0.1, 0.15) is 54.7 Å². The van der Waals surface area contributed by atoms with Gasteiger partial charge in [0.25, 0.3) is 0 Å². The number of aromatic amines is 1. The summed E-state index contributed by atoms with van der Waals surface area (Å²) in [5, 5.41) is 8.65. The zero-order chi connectivity index (χ0) is 22.8. The van der Waals surface area contributed by atoms with Crippen LogP contribution in [0.2, 0.25) is 0 Å². The lowest BCUT2D eigenvalue weighted by atomic mass is 9.57. The van der Waals surface area contributed by atoms with E-state index in [4.69, 9.17) is 4.74 Å². The van der Waals surface area contributed by atoms with Crippen molar-refractivity contribution in [3.63, 3.8) is 0 Å². The fraction of sp³-hybridized carbons (Fsp3) is 0.609. The third-order valence-electron chi connectivity index (χ3n) is 7.49. The number of sulfone groups is 1. The van der Waals surface area contributed by atoms with Crippen molar-refractivity contribution in [1.82, 2.24) is 25.0 Å². The van der Waals surface area contributed by atoms with Crippen molar-refractivity contribution in [2.24, 2.45) is 5.41 Å². The van der Waals surface area contributed by atoms with Crippen molar-refractivity contribution < 1.29 is 17.9 Å². The third kappa shape index (κ3) is 4.03. The number of hydrogen-bond acceptors (Lipinski definition) is 6. The Morgan fingerprint density at radius 1 is 1.12 bits per heavy atom. The highest BCUT2D eigenvalue weighted by Gasteiger charge is 2.56. The molecule has 3 heterocycles. The molecule has 176 valence electrons. The van der Waals surface area contributed by atoms with Gasteiger partial charge in [-0.1, -0.05) is 12.1 Å². The van der Waals surface area contributed by atoms with Crippen molar-refractivity contribution >= 4 is 15.9 Å². The lowest BCUT2D eigenvalue weighted by molar-refractivity contribution is -0.0827. The lowest BCUT2D eigenvalue weighted by Gasteiger charge is -2.59. The minimum Gasteiger partial charge on any atom is -0.370 e. The summed E-state index contributed by atoms with van der Waals surface area (Å²) in [6.45, 7) is 3.16. The number of ether oxygens (including phenoxy) is 1. The number of H-pyrrole nitrogens is 1. The van der Waals surface area contributed by atoms with E-state index in [2.05, 4.69) is 15.2 Å². The summed E-state index contributed by atoms with van der Waals surface area (Å²) in [7, 11) is -3.23. The number of aromatic nitrogens is 3. The maximum Gasteiger partial charge on any atom is 0.320 e. The first-order chi connectivity index (χ1) is 15.8. The minimum absolute atomic E-state index is 0.00808. The van der Waals surface area contributed by atoms with Crippen molar-refractivity contribution in [2.75, 3.05) is 32.4 Å². The number of likely N-dealkylation sites (tertiary alicyclic amines) is 2. The van der Waals surface area contributed by atoms with Crippen LogP contribution in [0.25, 0.3) is 0 Å². The first-order valence-electron chi connectivity index (χ1n) is 11.6. The molecule has 1 spiro atoms. The van der Waals surface area contributed by atoms with Crippen LogP contribution in [0.5, 0.6) is 0 Å². The largest absolute Gasteiger partial charge is 0.370 e. The van der Waals surface area contributed by atoms with Crippen LogP contribution >= 0.6 is 0 Å². The van der Waals surface area contributed by atoms with Crippen LogP contribution in [0.15, 0.2) is 29.2 Å². The van der Waals surface area contributed by atoms with Crippen molar-refractivity contribution in [2.45, 2.75) is 55.1 Å². The molecule has 1 N–H and O–H groups in total. The Balaban J connectivity index is 0.927. The van der Waals surface area contributed by atoms with Gasteiger partial charge in [-0.15, -0.1) is 10.2 Å². The molecule has 4 fully saturated rings. The average molecular weight is 472 g/mol. The van der Waals surface area contributed by atoms with E-state index in [9.17, 15) is 13.2 Å². The number of nitrogens with zero attached hydrogens (tertiary/aromatic N) is 4. The molecule has 2 aromatic rings. The van der Waals surface area contributed by atoms with Crippen molar-refractivity contribution in [3.05, 3.63) is 41.5 Å². The fourth-order valence-electron chi connectivity index (χ4n) is 5.33. The van der Waals surface area contributed by atoms with Crippen LogP contribution in [0.3, 0.4) is 0 Å². The highest BCUT2D eigenvalue weighted by molar-refractivity contribution is 7.90. The Morgan fingerprint density at radius 3 is 2.48 bits per heavy atom. The van der Waals surface area contributed by atoms with E-state index >= 15 is 0 Å². The quantitative estimate of drug-likeness (QED) is 0.693. The summed E-state index contributed by atoms with van der Waals surface area (Å²) in [4.78, 5) is 20.2. The van der Waals surface area contributed by atoms with Gasteiger partial charge in [-0.25, -0.2) is 13.2 Å². The Morgan fingerprint density at radius 2 is 1.82 bits per heavy atom. The van der Waals surface area contributed by atoms with E-state index < -0.39 is 9.84 Å². The maximum atomic E-state index is 12.7. The summed E-state index contributed by atoms with van der Waals surface area (Å²) in [6, 6.07) is 6.91. The number of urea groups is 1. The predicted octanol–water partition coefficient (Wildman–Crippen LogP) is 2.29. The second-order valence-electron chi connectivity index (χ2n) is 10.4. The molecule has 1 aromatic carbocycles. The summed E-state index contributed by atoms with van der Waals surface area (Å²) < 4.78 is 29.3. The number of nitrogens with one attached hydrogen (secondary N) is 1. The van der Waals surface area contributed by atoms with Gasteiger partial charge in [0.1, 0.15) is 11.6 Å². The highest BCUT2D eigenvalue weighted by atomic mass is 32.2. The van der Waals surface area contributed by atoms with E-state index in [1.807, 2.05) is 15.9 Å². The first kappa shape index (κ1) is 21.1. The Kier molecular flexibility index (Phi) is 4.81. The molecule has 0 radical (unpaired) electrons. The zero-order valence-electron chi connectivity index (χ0n) is 18.7. The molecule has 0 bridgehead atoms. The van der Waals surface area contributed by atoms with Crippen LogP contribution in [0, 0.1) is 5.41 Å². The Bertz CT molecular complexity index is 1170. The molecule has 6 rings (SSSR count). The monoisotopic (exact) mass is 471 g/mol. The molecule has 1 aromatic heterocycles. The molecule has 2 amide bonds. The summed E-state index contributed by atoms with van der Waals surface area (Å²) in [5.74, 6) is 3.12. The highest BCUT2D eigenvalue weighted by Crippen LogP contribution is 2.55. The molecule has 2 saturated carbocycles. The molecule has 0 atom stereocenters. The lowest BCUT2D eigenvalue weighted by Crippen LogP contribution is -2.68. The molecule has 2 aliphatic heterocycles. The molecule has 10 heteroatoms.